The van der Waals surface area contributed by atoms with Crippen molar-refractivity contribution >= 4 is 10.0 Å². The zero-order valence-corrected chi connectivity index (χ0v) is 11.8. The number of hydrogen-bond donors (Lipinski definition) is 1. The lowest BCUT2D eigenvalue weighted by molar-refractivity contribution is 0.496. The molecule has 2 unspecified atom stereocenters. The van der Waals surface area contributed by atoms with E-state index >= 15 is 0 Å². The molecule has 0 amide bonds. The van der Waals surface area contributed by atoms with Crippen LogP contribution < -0.4 is 4.72 Å². The van der Waals surface area contributed by atoms with Crippen molar-refractivity contribution in [3.05, 3.63) is 23.2 Å². The van der Waals surface area contributed by atoms with Gasteiger partial charge in [-0.05, 0) is 33.3 Å². The number of furan rings is 1. The van der Waals surface area contributed by atoms with E-state index in [0.29, 0.717) is 5.76 Å². The lowest BCUT2D eigenvalue weighted by atomic mass is 10.1. The van der Waals surface area contributed by atoms with E-state index in [9.17, 15) is 8.42 Å². The van der Waals surface area contributed by atoms with Crippen molar-refractivity contribution in [2.75, 3.05) is 0 Å². The molecule has 1 rings (SSSR count). The highest BCUT2D eigenvalue weighted by Crippen LogP contribution is 2.22. The lowest BCUT2D eigenvalue weighted by Crippen LogP contribution is -2.35. The van der Waals surface area contributed by atoms with Crippen molar-refractivity contribution in [1.82, 2.24) is 4.72 Å². The normalized spacial score (nSPS) is 15.1. The molecule has 100 valence electrons. The third-order valence-electron chi connectivity index (χ3n) is 2.78. The third kappa shape index (κ3) is 3.12. The largest absolute Gasteiger partial charge is 0.466 e. The second kappa shape index (κ2) is 5.55. The van der Waals surface area contributed by atoms with E-state index in [1.54, 1.807) is 32.9 Å². The van der Waals surface area contributed by atoms with Gasteiger partial charge in [0.05, 0.1) is 6.07 Å². The first-order valence-corrected chi connectivity index (χ1v) is 7.34. The van der Waals surface area contributed by atoms with E-state index in [-0.39, 0.29) is 6.42 Å². The Kier molecular flexibility index (Phi) is 4.54. The van der Waals surface area contributed by atoms with Crippen LogP contribution in [0.2, 0.25) is 0 Å². The summed E-state index contributed by atoms with van der Waals surface area (Å²) in [4.78, 5) is 0. The van der Waals surface area contributed by atoms with Gasteiger partial charge in [-0.25, -0.2) is 13.1 Å². The molecule has 0 fully saturated rings. The molecule has 0 aromatic carbocycles. The predicted molar refractivity (Wildman–Crippen MR) is 68.3 cm³/mol. The van der Waals surface area contributed by atoms with Crippen LogP contribution in [0.1, 0.15) is 43.4 Å². The number of aryl methyl sites for hydroxylation is 2. The first kappa shape index (κ1) is 14.7. The monoisotopic (exact) mass is 270 g/mol. The fourth-order valence-electron chi connectivity index (χ4n) is 1.85. The summed E-state index contributed by atoms with van der Waals surface area (Å²) >= 11 is 0. The Morgan fingerprint density at radius 3 is 2.50 bits per heavy atom. The molecule has 1 aromatic heterocycles. The zero-order chi connectivity index (χ0) is 13.9. The first-order valence-electron chi connectivity index (χ1n) is 5.79. The lowest BCUT2D eigenvalue weighted by Gasteiger charge is -2.15. The molecule has 5 nitrogen and oxygen atoms in total. The summed E-state index contributed by atoms with van der Waals surface area (Å²) in [5.74, 6) is 1.42. The maximum atomic E-state index is 11.9. The number of sulfonamides is 1. The fraction of sp³-hybridized carbons (Fsp3) is 0.583. The highest BCUT2D eigenvalue weighted by atomic mass is 32.2. The molecule has 0 bridgehead atoms. The van der Waals surface area contributed by atoms with Crippen molar-refractivity contribution in [1.29, 1.82) is 5.26 Å². The van der Waals surface area contributed by atoms with E-state index in [4.69, 9.17) is 9.68 Å². The van der Waals surface area contributed by atoms with E-state index in [2.05, 4.69) is 4.72 Å². The van der Waals surface area contributed by atoms with Crippen LogP contribution in [0.15, 0.2) is 10.5 Å². The van der Waals surface area contributed by atoms with Gasteiger partial charge in [0, 0.05) is 11.6 Å². The summed E-state index contributed by atoms with van der Waals surface area (Å²) in [6.45, 7) is 7.00. The van der Waals surface area contributed by atoms with Gasteiger partial charge in [0.15, 0.2) is 5.25 Å². The molecule has 1 heterocycles. The van der Waals surface area contributed by atoms with Gasteiger partial charge >= 0.3 is 0 Å². The number of nitriles is 1. The van der Waals surface area contributed by atoms with Gasteiger partial charge < -0.3 is 4.42 Å². The molecular weight excluding hydrogens is 252 g/mol. The number of hydrogen-bond acceptors (Lipinski definition) is 4. The van der Waals surface area contributed by atoms with Crippen molar-refractivity contribution in [3.63, 3.8) is 0 Å². The van der Waals surface area contributed by atoms with Crippen LogP contribution in [-0.2, 0) is 10.0 Å². The second-order valence-corrected chi connectivity index (χ2v) is 6.17. The minimum absolute atomic E-state index is 0.266. The highest BCUT2D eigenvalue weighted by molar-refractivity contribution is 7.90. The minimum atomic E-state index is -3.63. The minimum Gasteiger partial charge on any atom is -0.466 e. The molecule has 0 spiro atoms. The third-order valence-corrected chi connectivity index (χ3v) is 4.65. The predicted octanol–water partition coefficient (Wildman–Crippen LogP) is 2.18. The molecule has 0 aliphatic carbocycles. The average Bonchev–Trinajstić information content (AvgIpc) is 2.58. The molecule has 0 radical (unpaired) electrons. The van der Waals surface area contributed by atoms with Gasteiger partial charge in [0.1, 0.15) is 11.5 Å². The second-order valence-electron chi connectivity index (χ2n) is 4.28. The fourth-order valence-corrected chi connectivity index (χ4v) is 3.21. The number of nitrogens with one attached hydrogen (secondary N) is 1. The Labute approximate surface area is 108 Å². The van der Waals surface area contributed by atoms with Crippen molar-refractivity contribution in [3.8, 4) is 6.07 Å². The summed E-state index contributed by atoms with van der Waals surface area (Å²) in [6.07, 6.45) is 0.266. The molecule has 0 saturated heterocycles. The molecule has 18 heavy (non-hydrogen) atoms. The van der Waals surface area contributed by atoms with Crippen LogP contribution in [-0.4, -0.2) is 13.7 Å². The van der Waals surface area contributed by atoms with Gasteiger partial charge in [-0.15, -0.1) is 0 Å². The molecule has 1 N–H and O–H groups in total. The zero-order valence-electron chi connectivity index (χ0n) is 11.0. The van der Waals surface area contributed by atoms with Gasteiger partial charge in [-0.3, -0.25) is 0 Å². The average molecular weight is 270 g/mol. The molecule has 2 atom stereocenters. The first-order chi connectivity index (χ1) is 8.31. The van der Waals surface area contributed by atoms with E-state index in [0.717, 1.165) is 11.3 Å². The van der Waals surface area contributed by atoms with Crippen LogP contribution in [0.25, 0.3) is 0 Å². The Hall–Kier alpha value is -1.32. The Morgan fingerprint density at radius 1 is 1.50 bits per heavy atom. The van der Waals surface area contributed by atoms with Crippen molar-refractivity contribution in [2.24, 2.45) is 0 Å². The Balaban J connectivity index is 2.92. The van der Waals surface area contributed by atoms with Crippen LogP contribution in [0.3, 0.4) is 0 Å². The van der Waals surface area contributed by atoms with Crippen LogP contribution >= 0.6 is 0 Å². The summed E-state index contributed by atoms with van der Waals surface area (Å²) in [5.41, 5.74) is 0.795. The summed E-state index contributed by atoms with van der Waals surface area (Å²) in [7, 11) is -3.63. The van der Waals surface area contributed by atoms with Crippen molar-refractivity contribution < 1.29 is 12.8 Å². The van der Waals surface area contributed by atoms with Crippen molar-refractivity contribution in [2.45, 2.75) is 45.4 Å². The molecule has 6 heteroatoms. The van der Waals surface area contributed by atoms with Gasteiger partial charge in [-0.2, -0.15) is 5.26 Å². The summed E-state index contributed by atoms with van der Waals surface area (Å²) in [5, 5.41) is 7.80. The number of nitrogens with zero attached hydrogens (tertiary/aromatic N) is 1. The summed E-state index contributed by atoms with van der Waals surface area (Å²) in [6, 6.07) is 3.19. The van der Waals surface area contributed by atoms with Crippen LogP contribution in [0.5, 0.6) is 0 Å². The molecule has 1 aromatic rings. The molecule has 0 aliphatic heterocycles. The summed E-state index contributed by atoms with van der Waals surface area (Å²) < 4.78 is 31.7. The topological polar surface area (TPSA) is 83.1 Å². The van der Waals surface area contributed by atoms with Crippen LogP contribution in [0.4, 0.5) is 0 Å². The van der Waals surface area contributed by atoms with Gasteiger partial charge in [0.25, 0.3) is 0 Å². The van der Waals surface area contributed by atoms with Crippen LogP contribution in [0, 0.1) is 25.2 Å². The maximum absolute atomic E-state index is 11.9. The van der Waals surface area contributed by atoms with E-state index in [1.165, 1.54) is 0 Å². The highest BCUT2D eigenvalue weighted by Gasteiger charge is 2.26. The Bertz CT molecular complexity index is 554. The van der Waals surface area contributed by atoms with Gasteiger partial charge in [0.2, 0.25) is 10.0 Å². The maximum Gasteiger partial charge on any atom is 0.228 e. The van der Waals surface area contributed by atoms with E-state index < -0.39 is 21.3 Å². The van der Waals surface area contributed by atoms with E-state index in [1.807, 2.05) is 6.92 Å². The standard InChI is InChI=1S/C12H18N2O3S/c1-5-11(7-13)18(15,16)14-9(3)12-6-8(2)17-10(12)4/h6,9,11,14H,5H2,1-4H3. The molecular formula is C12H18N2O3S. The molecule has 0 aliphatic rings. The number of rotatable bonds is 5. The quantitative estimate of drug-likeness (QED) is 0.888. The Morgan fingerprint density at radius 2 is 2.11 bits per heavy atom. The SMILES string of the molecule is CCC(C#N)S(=O)(=O)NC(C)c1cc(C)oc1C. The van der Waals surface area contributed by atoms with Gasteiger partial charge in [-0.1, -0.05) is 6.92 Å². The smallest absolute Gasteiger partial charge is 0.228 e. The molecule has 0 saturated carbocycles.